The Morgan fingerprint density at radius 1 is 1.10 bits per heavy atom. The van der Waals surface area contributed by atoms with Crippen LogP contribution in [0.1, 0.15) is 51.5 Å². The third-order valence-electron chi connectivity index (χ3n) is 5.26. The molecule has 1 aromatic carbocycles. The first kappa shape index (κ1) is 15.5. The highest BCUT2D eigenvalue weighted by Gasteiger charge is 2.42. The molecule has 0 saturated heterocycles. The van der Waals surface area contributed by atoms with Crippen LogP contribution in [0.2, 0.25) is 0 Å². The van der Waals surface area contributed by atoms with Crippen LogP contribution in [-0.2, 0) is 6.42 Å². The maximum atomic E-state index is 10.7. The number of aryl methyl sites for hydroxylation is 1. The van der Waals surface area contributed by atoms with Crippen molar-refractivity contribution in [3.05, 3.63) is 35.9 Å². The summed E-state index contributed by atoms with van der Waals surface area (Å²) in [4.78, 5) is 0. The maximum absolute atomic E-state index is 10.7. The number of nitrogens with two attached hydrogens (primary N) is 1. The van der Waals surface area contributed by atoms with Gasteiger partial charge in [0.2, 0.25) is 0 Å². The van der Waals surface area contributed by atoms with Gasteiger partial charge in [0, 0.05) is 12.0 Å². The summed E-state index contributed by atoms with van der Waals surface area (Å²) in [7, 11) is 0. The molecule has 2 nitrogen and oxygen atoms in total. The molecule has 0 spiro atoms. The number of rotatable bonds is 5. The smallest absolute Gasteiger partial charge is 0.0611 e. The molecule has 2 heteroatoms. The molecule has 1 unspecified atom stereocenters. The molecule has 1 atom stereocenters. The molecular weight excluding hydrogens is 246 g/mol. The molecular formula is C18H29NO. The summed E-state index contributed by atoms with van der Waals surface area (Å²) in [5, 5.41) is 10.7. The first-order valence-corrected chi connectivity index (χ1v) is 7.90. The SMILES string of the molecule is CC1(C)CCC(CN)(C(O)CCc2ccccc2)CC1. The van der Waals surface area contributed by atoms with Crippen LogP contribution in [0.15, 0.2) is 30.3 Å². The molecule has 20 heavy (non-hydrogen) atoms. The Hall–Kier alpha value is -0.860. The van der Waals surface area contributed by atoms with Gasteiger partial charge in [-0.3, -0.25) is 0 Å². The quantitative estimate of drug-likeness (QED) is 0.863. The van der Waals surface area contributed by atoms with E-state index < -0.39 is 0 Å². The van der Waals surface area contributed by atoms with Crippen LogP contribution in [-0.4, -0.2) is 17.8 Å². The first-order valence-electron chi connectivity index (χ1n) is 7.90. The number of hydrogen-bond donors (Lipinski definition) is 2. The molecule has 0 radical (unpaired) electrons. The fraction of sp³-hybridized carbons (Fsp3) is 0.667. The first-order chi connectivity index (χ1) is 9.47. The minimum atomic E-state index is -0.274. The summed E-state index contributed by atoms with van der Waals surface area (Å²) in [5.41, 5.74) is 7.70. The Morgan fingerprint density at radius 3 is 2.25 bits per heavy atom. The van der Waals surface area contributed by atoms with Crippen LogP contribution in [0.4, 0.5) is 0 Å². The normalized spacial score (nSPS) is 22.4. The molecule has 1 fully saturated rings. The molecule has 1 saturated carbocycles. The molecule has 1 aliphatic carbocycles. The molecule has 0 heterocycles. The lowest BCUT2D eigenvalue weighted by atomic mass is 9.62. The van der Waals surface area contributed by atoms with Gasteiger partial charge in [-0.1, -0.05) is 44.2 Å². The molecule has 0 aromatic heterocycles. The Balaban J connectivity index is 1.94. The van der Waals surface area contributed by atoms with E-state index in [1.807, 2.05) is 6.07 Å². The lowest BCUT2D eigenvalue weighted by Crippen LogP contribution is -2.46. The van der Waals surface area contributed by atoms with E-state index in [1.165, 1.54) is 18.4 Å². The zero-order valence-corrected chi connectivity index (χ0v) is 12.9. The van der Waals surface area contributed by atoms with Gasteiger partial charge in [-0.05, 0) is 49.5 Å². The molecule has 2 rings (SSSR count). The second kappa shape index (κ2) is 6.28. The lowest BCUT2D eigenvalue weighted by Gasteiger charge is -2.45. The number of hydrogen-bond acceptors (Lipinski definition) is 2. The van der Waals surface area contributed by atoms with Crippen LogP contribution < -0.4 is 5.73 Å². The van der Waals surface area contributed by atoms with Crippen LogP contribution in [0.5, 0.6) is 0 Å². The van der Waals surface area contributed by atoms with E-state index in [1.54, 1.807) is 0 Å². The summed E-state index contributed by atoms with van der Waals surface area (Å²) in [6.45, 7) is 5.26. The van der Waals surface area contributed by atoms with Crippen molar-refractivity contribution in [2.24, 2.45) is 16.6 Å². The van der Waals surface area contributed by atoms with Crippen LogP contribution in [0, 0.1) is 10.8 Å². The molecule has 0 bridgehead atoms. The highest BCUT2D eigenvalue weighted by atomic mass is 16.3. The number of aliphatic hydroxyl groups excluding tert-OH is 1. The van der Waals surface area contributed by atoms with E-state index in [4.69, 9.17) is 5.73 Å². The van der Waals surface area contributed by atoms with Crippen LogP contribution in [0.25, 0.3) is 0 Å². The number of aliphatic hydroxyl groups is 1. The Labute approximate surface area is 123 Å². The van der Waals surface area contributed by atoms with Crippen molar-refractivity contribution in [3.63, 3.8) is 0 Å². The van der Waals surface area contributed by atoms with Crippen LogP contribution >= 0.6 is 0 Å². The van der Waals surface area contributed by atoms with Gasteiger partial charge in [0.1, 0.15) is 0 Å². The summed E-state index contributed by atoms with van der Waals surface area (Å²) < 4.78 is 0. The third-order valence-corrected chi connectivity index (χ3v) is 5.26. The average Bonchev–Trinajstić information content (AvgIpc) is 2.46. The summed E-state index contributed by atoms with van der Waals surface area (Å²) in [5.74, 6) is 0. The highest BCUT2D eigenvalue weighted by molar-refractivity contribution is 5.15. The average molecular weight is 275 g/mol. The van der Waals surface area contributed by atoms with Gasteiger partial charge in [-0.15, -0.1) is 0 Å². The topological polar surface area (TPSA) is 46.2 Å². The second-order valence-corrected chi connectivity index (χ2v) is 7.27. The van der Waals surface area contributed by atoms with E-state index in [-0.39, 0.29) is 11.5 Å². The Kier molecular flexibility index (Phi) is 4.87. The van der Waals surface area contributed by atoms with Crippen molar-refractivity contribution in [1.29, 1.82) is 0 Å². The lowest BCUT2D eigenvalue weighted by molar-refractivity contribution is -0.0256. The maximum Gasteiger partial charge on any atom is 0.0611 e. The van der Waals surface area contributed by atoms with Crippen molar-refractivity contribution in [2.45, 2.75) is 58.5 Å². The highest BCUT2D eigenvalue weighted by Crippen LogP contribution is 2.47. The minimum absolute atomic E-state index is 0.0513. The van der Waals surface area contributed by atoms with E-state index in [9.17, 15) is 5.11 Å². The predicted molar refractivity (Wildman–Crippen MR) is 84.5 cm³/mol. The zero-order valence-electron chi connectivity index (χ0n) is 12.9. The van der Waals surface area contributed by atoms with Crippen molar-refractivity contribution in [2.75, 3.05) is 6.54 Å². The Bertz CT molecular complexity index is 403. The molecule has 3 N–H and O–H groups in total. The van der Waals surface area contributed by atoms with Gasteiger partial charge in [-0.25, -0.2) is 0 Å². The van der Waals surface area contributed by atoms with Crippen molar-refractivity contribution in [3.8, 4) is 0 Å². The van der Waals surface area contributed by atoms with Gasteiger partial charge >= 0.3 is 0 Å². The molecule has 0 amide bonds. The Morgan fingerprint density at radius 2 is 1.70 bits per heavy atom. The second-order valence-electron chi connectivity index (χ2n) is 7.27. The van der Waals surface area contributed by atoms with Crippen molar-refractivity contribution < 1.29 is 5.11 Å². The van der Waals surface area contributed by atoms with Gasteiger partial charge in [-0.2, -0.15) is 0 Å². The van der Waals surface area contributed by atoms with Gasteiger partial charge in [0.25, 0.3) is 0 Å². The van der Waals surface area contributed by atoms with Crippen molar-refractivity contribution in [1.82, 2.24) is 0 Å². The van der Waals surface area contributed by atoms with Gasteiger partial charge < -0.3 is 10.8 Å². The third kappa shape index (κ3) is 3.62. The number of benzene rings is 1. The summed E-state index contributed by atoms with van der Waals surface area (Å²) >= 11 is 0. The monoisotopic (exact) mass is 275 g/mol. The van der Waals surface area contributed by atoms with E-state index >= 15 is 0 Å². The largest absolute Gasteiger partial charge is 0.392 e. The predicted octanol–water partition coefficient (Wildman–Crippen LogP) is 3.53. The molecule has 1 aromatic rings. The molecule has 1 aliphatic rings. The summed E-state index contributed by atoms with van der Waals surface area (Å²) in [6, 6.07) is 10.4. The van der Waals surface area contributed by atoms with Crippen LogP contribution in [0.3, 0.4) is 0 Å². The molecule has 112 valence electrons. The fourth-order valence-electron chi connectivity index (χ4n) is 3.35. The minimum Gasteiger partial charge on any atom is -0.392 e. The van der Waals surface area contributed by atoms with Gasteiger partial charge in [0.05, 0.1) is 6.10 Å². The molecule has 0 aliphatic heterocycles. The summed E-state index contributed by atoms with van der Waals surface area (Å²) in [6.07, 6.45) is 5.95. The van der Waals surface area contributed by atoms with Crippen molar-refractivity contribution >= 4 is 0 Å². The van der Waals surface area contributed by atoms with E-state index in [0.717, 1.165) is 25.7 Å². The standard InChI is InChI=1S/C18H29NO/c1-17(2)10-12-18(14-19,13-11-17)16(20)9-8-15-6-4-3-5-7-15/h3-7,16,20H,8-14,19H2,1-2H3. The fourth-order valence-corrected chi connectivity index (χ4v) is 3.35. The zero-order chi connectivity index (χ0) is 14.6. The van der Waals surface area contributed by atoms with Gasteiger partial charge in [0.15, 0.2) is 0 Å². The van der Waals surface area contributed by atoms with E-state index in [2.05, 4.69) is 38.1 Å². The van der Waals surface area contributed by atoms with E-state index in [0.29, 0.717) is 12.0 Å².